The second kappa shape index (κ2) is 12.6. The molecule has 219 valence electrons. The Morgan fingerprint density at radius 3 is 2.37 bits per heavy atom. The van der Waals surface area contributed by atoms with Crippen LogP contribution in [0.3, 0.4) is 0 Å². The van der Waals surface area contributed by atoms with Gasteiger partial charge in [0.05, 0.1) is 22.4 Å². The van der Waals surface area contributed by atoms with Crippen molar-refractivity contribution in [2.45, 2.75) is 44.0 Å². The summed E-state index contributed by atoms with van der Waals surface area (Å²) in [6.07, 6.45) is 1.95. The molecular formula is C37H35GeIrN3O-2. The van der Waals surface area contributed by atoms with E-state index in [0.717, 1.165) is 55.6 Å². The summed E-state index contributed by atoms with van der Waals surface area (Å²) in [5.74, 6) is 7.89. The van der Waals surface area contributed by atoms with Gasteiger partial charge in [0.1, 0.15) is 5.58 Å². The van der Waals surface area contributed by atoms with Gasteiger partial charge in [0, 0.05) is 31.5 Å². The van der Waals surface area contributed by atoms with Crippen molar-refractivity contribution in [1.29, 1.82) is 0 Å². The Balaban J connectivity index is 0.000000182. The average molecular weight is 806 g/mol. The normalized spacial score (nSPS) is 12.8. The molecule has 7 rings (SSSR count). The van der Waals surface area contributed by atoms with Gasteiger partial charge in [0.25, 0.3) is 0 Å². The maximum Gasteiger partial charge on any atom is 0 e. The number of furan rings is 1. The first-order valence-corrected chi connectivity index (χ1v) is 21.5. The second-order valence-corrected chi connectivity index (χ2v) is 22.4. The van der Waals surface area contributed by atoms with Gasteiger partial charge in [0.15, 0.2) is 0 Å². The van der Waals surface area contributed by atoms with E-state index in [9.17, 15) is 0 Å². The van der Waals surface area contributed by atoms with Crippen LogP contribution in [0, 0.1) is 19.0 Å². The van der Waals surface area contributed by atoms with Crippen molar-refractivity contribution in [3.8, 4) is 22.6 Å². The van der Waals surface area contributed by atoms with Crippen LogP contribution in [0.4, 0.5) is 0 Å². The average Bonchev–Trinajstić information content (AvgIpc) is 3.60. The molecule has 3 aromatic heterocycles. The monoisotopic (exact) mass is 807 g/mol. The Hall–Kier alpha value is -3.51. The van der Waals surface area contributed by atoms with Gasteiger partial charge in [-0.05, 0) is 32.0 Å². The minimum absolute atomic E-state index is 0. The fraction of sp³-hybridized carbons (Fsp3) is 0.189. The largest absolute Gasteiger partial charge is 0 e. The first-order valence-electron chi connectivity index (χ1n) is 15.7. The standard InChI is InChI=1S/C22H17N2O.C15H18GeN.Ir/c1-14(2)24-19-12-5-4-11-18(19)23-22(24)17-10-7-9-16-15-8-3-6-13-20(15)25-21(16)17;1-12-5-7-13(8-6-12)15-10-9-14(11-17-15)16(2,3)4;/h3-9,11-14H,1-2H3;5-7,9-11H,1-4H3;/q2*-1;/i;1D3;. The molecular weight excluding hydrogens is 767 g/mol. The van der Waals surface area contributed by atoms with E-state index in [-0.39, 0.29) is 26.1 Å². The smallest absolute Gasteiger partial charge is 0 e. The third-order valence-electron chi connectivity index (χ3n) is 7.39. The van der Waals surface area contributed by atoms with Crippen molar-refractivity contribution in [3.63, 3.8) is 0 Å². The molecule has 0 bridgehead atoms. The molecule has 43 heavy (non-hydrogen) atoms. The molecule has 0 fully saturated rings. The number of fused-ring (bicyclic) bond motifs is 4. The second-order valence-electron chi connectivity index (χ2n) is 11.8. The first-order chi connectivity index (χ1) is 21.4. The van der Waals surface area contributed by atoms with Gasteiger partial charge >= 0.3 is 110 Å². The number of aromatic nitrogens is 3. The van der Waals surface area contributed by atoms with Crippen LogP contribution < -0.4 is 4.40 Å². The van der Waals surface area contributed by atoms with E-state index >= 15 is 0 Å². The topological polar surface area (TPSA) is 43.9 Å². The van der Waals surface area contributed by atoms with Gasteiger partial charge in [-0.1, -0.05) is 41.3 Å². The fourth-order valence-electron chi connectivity index (χ4n) is 5.18. The summed E-state index contributed by atoms with van der Waals surface area (Å²) in [5.41, 5.74) is 6.75. The summed E-state index contributed by atoms with van der Waals surface area (Å²) in [7, 11) is 0. The van der Waals surface area contributed by atoms with Crippen LogP contribution in [0.2, 0.25) is 17.3 Å². The van der Waals surface area contributed by atoms with E-state index in [4.69, 9.17) is 13.5 Å². The molecule has 0 atom stereocenters. The molecule has 0 N–H and O–H groups in total. The van der Waals surface area contributed by atoms with E-state index < -0.39 is 20.1 Å². The van der Waals surface area contributed by atoms with Crippen LogP contribution in [-0.4, -0.2) is 27.8 Å². The molecule has 1 radical (unpaired) electrons. The molecule has 0 amide bonds. The number of rotatable bonds is 4. The van der Waals surface area contributed by atoms with Crippen LogP contribution in [0.15, 0.2) is 102 Å². The predicted molar refractivity (Wildman–Crippen MR) is 178 cm³/mol. The van der Waals surface area contributed by atoms with Crippen molar-refractivity contribution in [2.75, 3.05) is 0 Å². The van der Waals surface area contributed by atoms with Crippen molar-refractivity contribution < 1.29 is 28.6 Å². The molecule has 0 aliphatic carbocycles. The van der Waals surface area contributed by atoms with Crippen molar-refractivity contribution in [1.82, 2.24) is 14.5 Å². The zero-order valence-electron chi connectivity index (χ0n) is 27.9. The first kappa shape index (κ1) is 27.1. The summed E-state index contributed by atoms with van der Waals surface area (Å²) >= 11 is -1.83. The maximum atomic E-state index is 7.35. The zero-order valence-corrected chi connectivity index (χ0v) is 29.4. The number of para-hydroxylation sites is 3. The number of aryl methyl sites for hydroxylation is 1. The number of imidazole rings is 1. The number of hydrogen-bond acceptors (Lipinski definition) is 3. The van der Waals surface area contributed by atoms with Gasteiger partial charge in [-0.15, -0.1) is 18.2 Å². The molecule has 0 aliphatic heterocycles. The molecule has 0 aliphatic rings. The van der Waals surface area contributed by atoms with E-state index in [1.807, 2.05) is 42.6 Å². The quantitative estimate of drug-likeness (QED) is 0.132. The predicted octanol–water partition coefficient (Wildman–Crippen LogP) is 9.38. The van der Waals surface area contributed by atoms with Gasteiger partial charge < -0.3 is 8.98 Å². The van der Waals surface area contributed by atoms with Crippen molar-refractivity contribution in [3.05, 3.63) is 115 Å². The molecule has 0 unspecified atom stereocenters. The molecule has 0 saturated carbocycles. The van der Waals surface area contributed by atoms with Gasteiger partial charge in [0.2, 0.25) is 0 Å². The summed E-state index contributed by atoms with van der Waals surface area (Å²) in [4.78, 5) is 9.38. The fourth-order valence-corrected chi connectivity index (χ4v) is 7.35. The van der Waals surface area contributed by atoms with Crippen LogP contribution in [0.1, 0.15) is 29.6 Å². The third-order valence-corrected chi connectivity index (χ3v) is 11.6. The van der Waals surface area contributed by atoms with E-state index in [0.29, 0.717) is 5.56 Å². The molecule has 3 heterocycles. The van der Waals surface area contributed by atoms with E-state index in [1.54, 1.807) is 12.1 Å². The molecule has 0 saturated heterocycles. The van der Waals surface area contributed by atoms with Crippen molar-refractivity contribution >= 4 is 50.6 Å². The van der Waals surface area contributed by atoms with Gasteiger partial charge in [-0.25, -0.2) is 0 Å². The van der Waals surface area contributed by atoms with Crippen molar-refractivity contribution in [2.24, 2.45) is 0 Å². The summed E-state index contributed by atoms with van der Waals surface area (Å²) in [6, 6.07) is 36.1. The minimum Gasteiger partial charge on any atom is 0 e. The van der Waals surface area contributed by atoms with Gasteiger partial charge in [-0.2, -0.15) is 0 Å². The molecule has 4 nitrogen and oxygen atoms in total. The number of benzene rings is 4. The zero-order chi connectivity index (χ0) is 31.9. The van der Waals surface area contributed by atoms with E-state index in [1.165, 1.54) is 10.5 Å². The van der Waals surface area contributed by atoms with Crippen LogP contribution in [-0.2, 0) is 20.1 Å². The van der Waals surface area contributed by atoms with Crippen LogP contribution in [0.25, 0.3) is 55.6 Å². The van der Waals surface area contributed by atoms with Crippen LogP contribution >= 0.6 is 0 Å². The Labute approximate surface area is 274 Å². The summed E-state index contributed by atoms with van der Waals surface area (Å²) in [6.45, 7) is 2.28. The number of nitrogens with zero attached hydrogens (tertiary/aromatic N) is 3. The molecule has 0 spiro atoms. The Bertz CT molecular complexity index is 2050. The molecule has 4 aromatic carbocycles. The summed E-state index contributed by atoms with van der Waals surface area (Å²) < 4.78 is 31.8. The minimum atomic E-state index is -2.08. The third kappa shape index (κ3) is 6.26. The number of pyridine rings is 1. The maximum absolute atomic E-state index is 7.35. The van der Waals surface area contributed by atoms with E-state index in [2.05, 4.69) is 89.2 Å². The Morgan fingerprint density at radius 1 is 0.884 bits per heavy atom. The Morgan fingerprint density at radius 2 is 1.67 bits per heavy atom. The van der Waals surface area contributed by atoms with Gasteiger partial charge in [-0.3, -0.25) is 4.98 Å². The summed E-state index contributed by atoms with van der Waals surface area (Å²) in [5, 5.41) is 2.23. The SMILES string of the molecule is CC(C)n1c(-c2[c-]ccc3c2oc2ccccc23)nc2ccccc21.[2H]C([2H])([2H])c1c[c-]c(-c2cc[c]([Ge]([CH3])([CH3])[CH3])cn2)cc1.[Ir]. The Kier molecular flexibility index (Phi) is 7.94. The molecule has 7 aromatic rings. The molecule has 6 heteroatoms. The van der Waals surface area contributed by atoms with Crippen LogP contribution in [0.5, 0.6) is 0 Å². The number of hydrogen-bond donors (Lipinski definition) is 0.